The lowest BCUT2D eigenvalue weighted by atomic mass is 10.2. The van der Waals surface area contributed by atoms with Crippen molar-refractivity contribution in [1.29, 1.82) is 5.26 Å². The quantitative estimate of drug-likeness (QED) is 0.537. The van der Waals surface area contributed by atoms with Crippen molar-refractivity contribution in [2.45, 2.75) is 16.2 Å². The molecule has 4 nitrogen and oxygen atoms in total. The number of hydrogen-bond acceptors (Lipinski definition) is 4. The fraction of sp³-hybridized carbons (Fsp3) is 0.130. The molecule has 3 aromatic rings. The Bertz CT molecular complexity index is 967. The maximum Gasteiger partial charge on any atom is 0.252 e. The van der Waals surface area contributed by atoms with E-state index in [4.69, 9.17) is 0 Å². The van der Waals surface area contributed by atoms with E-state index < -0.39 is 0 Å². The zero-order chi connectivity index (χ0) is 19.6. The minimum Gasteiger partial charge on any atom is -0.385 e. The van der Waals surface area contributed by atoms with Crippen molar-refractivity contribution >= 4 is 23.4 Å². The predicted octanol–water partition coefficient (Wildman–Crippen LogP) is 4.94. The van der Waals surface area contributed by atoms with Crippen LogP contribution in [0.5, 0.6) is 0 Å². The summed E-state index contributed by atoms with van der Waals surface area (Å²) in [7, 11) is 0. The highest BCUT2D eigenvalue weighted by molar-refractivity contribution is 7.99. The van der Waals surface area contributed by atoms with Crippen LogP contribution in [0.2, 0.25) is 0 Å². The number of benzene rings is 3. The van der Waals surface area contributed by atoms with Gasteiger partial charge in [-0.3, -0.25) is 4.79 Å². The van der Waals surface area contributed by atoms with Gasteiger partial charge in [0, 0.05) is 28.6 Å². The van der Waals surface area contributed by atoms with E-state index in [2.05, 4.69) is 16.7 Å². The largest absolute Gasteiger partial charge is 0.385 e. The maximum absolute atomic E-state index is 12.6. The van der Waals surface area contributed by atoms with Crippen LogP contribution in [0.3, 0.4) is 0 Å². The molecule has 0 spiro atoms. The van der Waals surface area contributed by atoms with Gasteiger partial charge in [-0.2, -0.15) is 5.26 Å². The second-order valence-electron chi connectivity index (χ2n) is 6.11. The number of hydrogen-bond donors (Lipinski definition) is 2. The third-order valence-corrected chi connectivity index (χ3v) is 5.25. The molecule has 2 N–H and O–H groups in total. The number of anilines is 1. The first-order valence-electron chi connectivity index (χ1n) is 9.11. The maximum atomic E-state index is 12.6. The van der Waals surface area contributed by atoms with Gasteiger partial charge in [-0.25, -0.2) is 0 Å². The Hall–Kier alpha value is -3.23. The number of nitrogens with one attached hydrogen (secondary N) is 2. The molecule has 3 aromatic carbocycles. The molecule has 0 aromatic heterocycles. The summed E-state index contributed by atoms with van der Waals surface area (Å²) in [5, 5.41) is 15.6. The first-order chi connectivity index (χ1) is 13.8. The first-order valence-corrected chi connectivity index (χ1v) is 9.92. The van der Waals surface area contributed by atoms with Gasteiger partial charge >= 0.3 is 0 Å². The molecule has 3 rings (SSSR count). The zero-order valence-electron chi connectivity index (χ0n) is 15.4. The number of nitrogens with zero attached hydrogens (tertiary/aromatic N) is 1. The predicted molar refractivity (Wildman–Crippen MR) is 114 cm³/mol. The van der Waals surface area contributed by atoms with E-state index >= 15 is 0 Å². The van der Waals surface area contributed by atoms with Gasteiger partial charge in [-0.1, -0.05) is 54.2 Å². The molecular weight excluding hydrogens is 366 g/mol. The van der Waals surface area contributed by atoms with Crippen LogP contribution in [0, 0.1) is 11.3 Å². The SMILES string of the molecule is N#Cc1ccccc1Sc1ccccc1C(=O)NCCCNc1ccccc1. The Morgan fingerprint density at radius 1 is 0.857 bits per heavy atom. The number of carbonyl (C=O) groups is 1. The highest BCUT2D eigenvalue weighted by Crippen LogP contribution is 2.32. The molecule has 1 amide bonds. The van der Waals surface area contributed by atoms with E-state index in [1.165, 1.54) is 11.8 Å². The minimum atomic E-state index is -0.0998. The molecule has 0 aliphatic carbocycles. The van der Waals surface area contributed by atoms with Crippen LogP contribution in [0.1, 0.15) is 22.3 Å². The first kappa shape index (κ1) is 19.5. The number of carbonyl (C=O) groups excluding carboxylic acids is 1. The van der Waals surface area contributed by atoms with Gasteiger partial charge in [0.1, 0.15) is 6.07 Å². The smallest absolute Gasteiger partial charge is 0.252 e. The summed E-state index contributed by atoms with van der Waals surface area (Å²) < 4.78 is 0. The van der Waals surface area contributed by atoms with Gasteiger partial charge in [0.2, 0.25) is 0 Å². The average Bonchev–Trinajstić information content (AvgIpc) is 2.75. The minimum absolute atomic E-state index is 0.0998. The molecule has 0 aliphatic heterocycles. The van der Waals surface area contributed by atoms with Crippen molar-refractivity contribution < 1.29 is 4.79 Å². The van der Waals surface area contributed by atoms with E-state index in [0.29, 0.717) is 17.7 Å². The topological polar surface area (TPSA) is 64.9 Å². The summed E-state index contributed by atoms with van der Waals surface area (Å²) >= 11 is 1.44. The van der Waals surface area contributed by atoms with Crippen LogP contribution < -0.4 is 10.6 Å². The third-order valence-electron chi connectivity index (χ3n) is 4.10. The van der Waals surface area contributed by atoms with Gasteiger partial charge in [0.05, 0.1) is 11.1 Å². The lowest BCUT2D eigenvalue weighted by molar-refractivity contribution is 0.0950. The van der Waals surface area contributed by atoms with Crippen molar-refractivity contribution in [3.8, 4) is 6.07 Å². The summed E-state index contributed by atoms with van der Waals surface area (Å²) in [6, 6.07) is 27.1. The molecule has 0 bridgehead atoms. The summed E-state index contributed by atoms with van der Waals surface area (Å²) in [5.74, 6) is -0.0998. The summed E-state index contributed by atoms with van der Waals surface area (Å²) in [4.78, 5) is 14.3. The highest BCUT2D eigenvalue weighted by Gasteiger charge is 2.13. The number of nitriles is 1. The summed E-state index contributed by atoms with van der Waals surface area (Å²) in [6.45, 7) is 1.38. The van der Waals surface area contributed by atoms with Crippen molar-refractivity contribution in [3.63, 3.8) is 0 Å². The van der Waals surface area contributed by atoms with Crippen LogP contribution in [0.15, 0.2) is 88.7 Å². The fourth-order valence-electron chi connectivity index (χ4n) is 2.68. The second-order valence-corrected chi connectivity index (χ2v) is 7.19. The van der Waals surface area contributed by atoms with E-state index in [1.54, 1.807) is 6.07 Å². The van der Waals surface area contributed by atoms with E-state index in [0.717, 1.165) is 28.4 Å². The lowest BCUT2D eigenvalue weighted by Crippen LogP contribution is -2.26. The highest BCUT2D eigenvalue weighted by atomic mass is 32.2. The molecule has 0 fully saturated rings. The third kappa shape index (κ3) is 5.38. The van der Waals surface area contributed by atoms with Gasteiger partial charge in [-0.15, -0.1) is 0 Å². The van der Waals surface area contributed by atoms with E-state index in [-0.39, 0.29) is 5.91 Å². The van der Waals surface area contributed by atoms with Crippen LogP contribution in [-0.2, 0) is 0 Å². The molecule has 0 atom stereocenters. The van der Waals surface area contributed by atoms with Crippen molar-refractivity contribution in [1.82, 2.24) is 5.32 Å². The van der Waals surface area contributed by atoms with Gasteiger partial charge < -0.3 is 10.6 Å². The normalized spacial score (nSPS) is 10.1. The molecule has 0 saturated heterocycles. The van der Waals surface area contributed by atoms with E-state index in [9.17, 15) is 10.1 Å². The zero-order valence-corrected chi connectivity index (χ0v) is 16.2. The summed E-state index contributed by atoms with van der Waals surface area (Å²) in [6.07, 6.45) is 0.827. The Balaban J connectivity index is 1.56. The molecule has 0 radical (unpaired) electrons. The Morgan fingerprint density at radius 3 is 2.32 bits per heavy atom. The second kappa shape index (κ2) is 10.2. The Morgan fingerprint density at radius 2 is 1.54 bits per heavy atom. The number of para-hydroxylation sites is 1. The molecule has 140 valence electrons. The number of amides is 1. The molecule has 0 saturated carbocycles. The van der Waals surface area contributed by atoms with Crippen molar-refractivity contribution in [2.24, 2.45) is 0 Å². The van der Waals surface area contributed by atoms with Crippen LogP contribution >= 0.6 is 11.8 Å². The molecule has 28 heavy (non-hydrogen) atoms. The average molecular weight is 388 g/mol. The van der Waals surface area contributed by atoms with Crippen molar-refractivity contribution in [3.05, 3.63) is 90.0 Å². The van der Waals surface area contributed by atoms with Crippen LogP contribution in [-0.4, -0.2) is 19.0 Å². The Labute approximate surface area is 169 Å². The fourth-order valence-corrected chi connectivity index (χ4v) is 3.71. The standard InChI is InChI=1S/C23H21N3OS/c24-17-18-9-4-6-13-21(18)28-22-14-7-5-12-20(22)23(27)26-16-8-15-25-19-10-2-1-3-11-19/h1-7,9-14,25H,8,15-16H2,(H,26,27). The molecule has 5 heteroatoms. The van der Waals surface area contributed by atoms with Crippen molar-refractivity contribution in [2.75, 3.05) is 18.4 Å². The van der Waals surface area contributed by atoms with Gasteiger partial charge in [0.25, 0.3) is 5.91 Å². The molecular formula is C23H21N3OS. The molecule has 0 heterocycles. The van der Waals surface area contributed by atoms with Crippen LogP contribution in [0.4, 0.5) is 5.69 Å². The van der Waals surface area contributed by atoms with Crippen LogP contribution in [0.25, 0.3) is 0 Å². The molecule has 0 unspecified atom stereocenters. The van der Waals surface area contributed by atoms with Gasteiger partial charge in [-0.05, 0) is 42.8 Å². The number of rotatable bonds is 8. The van der Waals surface area contributed by atoms with Gasteiger partial charge in [0.15, 0.2) is 0 Å². The Kier molecular flexibility index (Phi) is 7.11. The monoisotopic (exact) mass is 387 g/mol. The van der Waals surface area contributed by atoms with E-state index in [1.807, 2.05) is 72.8 Å². The lowest BCUT2D eigenvalue weighted by Gasteiger charge is -2.11. The summed E-state index contributed by atoms with van der Waals surface area (Å²) in [5.41, 5.74) is 2.30. The molecule has 0 aliphatic rings.